The van der Waals surface area contributed by atoms with Gasteiger partial charge in [0.2, 0.25) is 10.6 Å². The van der Waals surface area contributed by atoms with E-state index in [2.05, 4.69) is 80.9 Å². The van der Waals surface area contributed by atoms with Crippen LogP contribution in [0.15, 0.2) is 103 Å². The van der Waals surface area contributed by atoms with Gasteiger partial charge in [-0.15, -0.1) is 0 Å². The zero-order valence-electron chi connectivity index (χ0n) is 20.8. The van der Waals surface area contributed by atoms with E-state index in [1.54, 1.807) is 0 Å². The van der Waals surface area contributed by atoms with E-state index in [9.17, 15) is 0 Å². The Balaban J connectivity index is 1.45. The summed E-state index contributed by atoms with van der Waals surface area (Å²) in [7, 11) is 0. The average Bonchev–Trinajstić information content (AvgIpc) is 2.92. The van der Waals surface area contributed by atoms with Crippen LogP contribution in [0.3, 0.4) is 0 Å². The van der Waals surface area contributed by atoms with Crippen LogP contribution in [0.25, 0.3) is 0 Å². The maximum absolute atomic E-state index is 6.52. The fourth-order valence-electron chi connectivity index (χ4n) is 5.73. The Hall–Kier alpha value is -3.51. The second kappa shape index (κ2) is 11.3. The van der Waals surface area contributed by atoms with Crippen molar-refractivity contribution in [2.75, 3.05) is 5.32 Å². The van der Waals surface area contributed by atoms with E-state index in [-0.39, 0.29) is 34.2 Å². The Kier molecular flexibility index (Phi) is 7.47. The molecule has 5 nitrogen and oxygen atoms in total. The van der Waals surface area contributed by atoms with Gasteiger partial charge in [0.1, 0.15) is 11.0 Å². The predicted molar refractivity (Wildman–Crippen MR) is 157 cm³/mol. The molecule has 8 heteroatoms. The Morgan fingerprint density at radius 3 is 1.56 bits per heavy atom. The number of benzene rings is 3. The molecule has 0 saturated heterocycles. The molecular weight excluding hydrogens is 549 g/mol. The van der Waals surface area contributed by atoms with Gasteiger partial charge >= 0.3 is 0 Å². The van der Waals surface area contributed by atoms with Crippen LogP contribution >= 0.6 is 34.8 Å². The monoisotopic (exact) mass is 571 g/mol. The van der Waals surface area contributed by atoms with Crippen LogP contribution in [-0.2, 0) is 6.54 Å². The SMILES string of the molecule is Clc1cc([C@H]2[C@@H](c3ccccc3)[C@H](c3cc(NCc4ccccc4)nc(Cl)n3)[C@@H]2c2ccccc2)nc(Cl)n1. The number of anilines is 1. The molecule has 1 N–H and O–H groups in total. The molecule has 0 radical (unpaired) electrons. The first-order chi connectivity index (χ1) is 19.1. The lowest BCUT2D eigenvalue weighted by Crippen LogP contribution is -2.41. The molecule has 0 unspecified atom stereocenters. The van der Waals surface area contributed by atoms with E-state index in [1.165, 1.54) is 11.1 Å². The molecule has 0 aliphatic heterocycles. The van der Waals surface area contributed by atoms with Crippen LogP contribution in [0.4, 0.5) is 5.82 Å². The summed E-state index contributed by atoms with van der Waals surface area (Å²) >= 11 is 19.2. The van der Waals surface area contributed by atoms with Gasteiger partial charge in [0.25, 0.3) is 0 Å². The average molecular weight is 573 g/mol. The van der Waals surface area contributed by atoms with Crippen LogP contribution in [0, 0.1) is 0 Å². The number of halogens is 3. The number of hydrogen-bond acceptors (Lipinski definition) is 5. The number of nitrogens with zero attached hydrogens (tertiary/aromatic N) is 4. The summed E-state index contributed by atoms with van der Waals surface area (Å²) in [6.45, 7) is 0.628. The van der Waals surface area contributed by atoms with Crippen LogP contribution < -0.4 is 5.32 Å². The van der Waals surface area contributed by atoms with Crippen molar-refractivity contribution in [2.45, 2.75) is 30.2 Å². The normalized spacial score (nSPS) is 20.3. The van der Waals surface area contributed by atoms with Crippen molar-refractivity contribution in [1.82, 2.24) is 19.9 Å². The Labute approximate surface area is 242 Å². The van der Waals surface area contributed by atoms with E-state index in [0.717, 1.165) is 17.0 Å². The van der Waals surface area contributed by atoms with Gasteiger partial charge in [-0.3, -0.25) is 0 Å². The number of nitrogens with one attached hydrogen (secondary N) is 1. The number of hydrogen-bond donors (Lipinski definition) is 1. The fraction of sp³-hybridized carbons (Fsp3) is 0.161. The molecular formula is C31H24Cl3N5. The van der Waals surface area contributed by atoms with E-state index in [4.69, 9.17) is 39.8 Å². The van der Waals surface area contributed by atoms with Crippen molar-refractivity contribution < 1.29 is 0 Å². The highest BCUT2D eigenvalue weighted by molar-refractivity contribution is 6.31. The van der Waals surface area contributed by atoms with E-state index < -0.39 is 0 Å². The Morgan fingerprint density at radius 1 is 0.538 bits per heavy atom. The zero-order valence-corrected chi connectivity index (χ0v) is 23.0. The smallest absolute Gasteiger partial charge is 0.224 e. The third kappa shape index (κ3) is 5.48. The molecule has 39 heavy (non-hydrogen) atoms. The molecule has 6 rings (SSSR count). The van der Waals surface area contributed by atoms with Crippen LogP contribution in [-0.4, -0.2) is 19.9 Å². The molecule has 1 aliphatic rings. The van der Waals surface area contributed by atoms with Gasteiger partial charge < -0.3 is 5.32 Å². The van der Waals surface area contributed by atoms with E-state index >= 15 is 0 Å². The lowest BCUT2D eigenvalue weighted by Gasteiger charge is -2.52. The molecule has 1 aliphatic carbocycles. The van der Waals surface area contributed by atoms with Crippen LogP contribution in [0.5, 0.6) is 0 Å². The second-order valence-electron chi connectivity index (χ2n) is 9.60. The lowest BCUT2D eigenvalue weighted by atomic mass is 9.50. The first-order valence-electron chi connectivity index (χ1n) is 12.7. The van der Waals surface area contributed by atoms with Crippen molar-refractivity contribution in [3.05, 3.63) is 147 Å². The quantitative estimate of drug-likeness (QED) is 0.157. The Morgan fingerprint density at radius 2 is 1.03 bits per heavy atom. The highest BCUT2D eigenvalue weighted by Gasteiger charge is 2.54. The third-order valence-corrected chi connectivity index (χ3v) is 7.85. The Bertz CT molecular complexity index is 1500. The maximum atomic E-state index is 6.52. The van der Waals surface area contributed by atoms with Gasteiger partial charge in [0, 0.05) is 36.3 Å². The minimum atomic E-state index is -0.00716. The summed E-state index contributed by atoms with van der Waals surface area (Å²) in [4.78, 5) is 18.0. The minimum absolute atomic E-state index is 0.00471. The lowest BCUT2D eigenvalue weighted by molar-refractivity contribution is 0.220. The molecule has 2 atom stereocenters. The molecule has 0 amide bonds. The number of aromatic nitrogens is 4. The molecule has 3 aromatic carbocycles. The molecule has 0 spiro atoms. The summed E-state index contributed by atoms with van der Waals surface area (Å²) in [5, 5.41) is 4.09. The molecule has 1 saturated carbocycles. The predicted octanol–water partition coefficient (Wildman–Crippen LogP) is 8.29. The fourth-order valence-corrected chi connectivity index (χ4v) is 6.34. The van der Waals surface area contributed by atoms with Crippen LogP contribution in [0.1, 0.15) is 51.7 Å². The highest BCUT2D eigenvalue weighted by Crippen LogP contribution is 2.66. The molecule has 2 aromatic heterocycles. The first kappa shape index (κ1) is 25.8. The maximum Gasteiger partial charge on any atom is 0.224 e. The summed E-state index contributed by atoms with van der Waals surface area (Å²) in [6, 6.07) is 34.9. The van der Waals surface area contributed by atoms with Crippen LogP contribution in [0.2, 0.25) is 15.7 Å². The molecule has 0 bridgehead atoms. The molecule has 2 heterocycles. The molecule has 194 valence electrons. The summed E-state index contributed by atoms with van der Waals surface area (Å²) in [5.74, 6) is 0.777. The highest BCUT2D eigenvalue weighted by atomic mass is 35.5. The van der Waals surface area contributed by atoms with Gasteiger partial charge in [-0.2, -0.15) is 0 Å². The second-order valence-corrected chi connectivity index (χ2v) is 10.7. The largest absolute Gasteiger partial charge is 0.366 e. The van der Waals surface area contributed by atoms with E-state index in [1.807, 2.05) is 42.5 Å². The van der Waals surface area contributed by atoms with Gasteiger partial charge in [-0.1, -0.05) is 103 Å². The number of rotatable bonds is 7. The van der Waals surface area contributed by atoms with Crippen molar-refractivity contribution >= 4 is 40.6 Å². The summed E-state index contributed by atoms with van der Waals surface area (Å²) in [5.41, 5.74) is 5.19. The molecule has 5 aromatic rings. The van der Waals surface area contributed by atoms with Crippen molar-refractivity contribution in [2.24, 2.45) is 0 Å². The van der Waals surface area contributed by atoms with Crippen molar-refractivity contribution in [3.8, 4) is 0 Å². The van der Waals surface area contributed by atoms with E-state index in [0.29, 0.717) is 17.5 Å². The summed E-state index contributed by atoms with van der Waals surface area (Å²) < 4.78 is 0. The first-order valence-corrected chi connectivity index (χ1v) is 13.8. The zero-order chi connectivity index (χ0) is 26.8. The van der Waals surface area contributed by atoms with Gasteiger partial charge in [0.15, 0.2) is 0 Å². The third-order valence-electron chi connectivity index (χ3n) is 7.32. The van der Waals surface area contributed by atoms with Crippen molar-refractivity contribution in [3.63, 3.8) is 0 Å². The van der Waals surface area contributed by atoms with Crippen molar-refractivity contribution in [1.29, 1.82) is 0 Å². The van der Waals surface area contributed by atoms with Gasteiger partial charge in [-0.05, 0) is 46.0 Å². The van der Waals surface area contributed by atoms with Gasteiger partial charge in [0.05, 0.1) is 11.4 Å². The standard InChI is InChI=1S/C31H24Cl3N5/c32-24-16-22(36-30(33)38-24)28-26(20-12-6-2-7-13-20)29(27(28)21-14-8-3-9-15-21)23-17-25(39-31(34)37-23)35-18-19-10-4-1-5-11-19/h1-17,26-29H,18H2,(H,35,37,39)/t26-,27-,28-,29-/m1/s1. The topological polar surface area (TPSA) is 63.6 Å². The molecule has 1 fully saturated rings. The minimum Gasteiger partial charge on any atom is -0.366 e. The van der Waals surface area contributed by atoms with Gasteiger partial charge in [-0.25, -0.2) is 19.9 Å². The summed E-state index contributed by atoms with van der Waals surface area (Å²) in [6.07, 6.45) is 0.